The van der Waals surface area contributed by atoms with Gasteiger partial charge in [-0.25, -0.2) is 0 Å². The number of furan rings is 1. The molecule has 0 radical (unpaired) electrons. The van der Waals surface area contributed by atoms with Crippen molar-refractivity contribution >= 4 is 24.2 Å². The Morgan fingerprint density at radius 3 is 2.64 bits per heavy atom. The molecule has 0 saturated carbocycles. The highest BCUT2D eigenvalue weighted by molar-refractivity contribution is 5.95. The van der Waals surface area contributed by atoms with Crippen molar-refractivity contribution in [3.05, 3.63) is 24.2 Å². The van der Waals surface area contributed by atoms with Gasteiger partial charge >= 0.3 is 0 Å². The van der Waals surface area contributed by atoms with Gasteiger partial charge in [0.25, 0.3) is 5.91 Å². The summed E-state index contributed by atoms with van der Waals surface area (Å²) in [6.07, 6.45) is 4.17. The van der Waals surface area contributed by atoms with Gasteiger partial charge in [-0.2, -0.15) is 0 Å². The Morgan fingerprint density at radius 2 is 1.95 bits per heavy atom. The molecule has 0 bridgehead atoms. The second-order valence-corrected chi connectivity index (χ2v) is 5.56. The SMILES string of the molecule is Cl.O=C(C1CCCCN1C(=O)c1ccco1)N1CCNCC1. The lowest BCUT2D eigenvalue weighted by Crippen LogP contribution is -2.56. The molecule has 1 atom stereocenters. The number of piperidine rings is 1. The number of likely N-dealkylation sites (tertiary alicyclic amines) is 1. The van der Waals surface area contributed by atoms with Gasteiger partial charge in [0.2, 0.25) is 5.91 Å². The molecule has 0 aliphatic carbocycles. The van der Waals surface area contributed by atoms with Crippen molar-refractivity contribution in [2.45, 2.75) is 25.3 Å². The van der Waals surface area contributed by atoms with Gasteiger partial charge in [-0.05, 0) is 31.4 Å². The fourth-order valence-electron chi connectivity index (χ4n) is 3.07. The lowest BCUT2D eigenvalue weighted by atomic mass is 10.00. The van der Waals surface area contributed by atoms with Crippen molar-refractivity contribution in [2.24, 2.45) is 0 Å². The van der Waals surface area contributed by atoms with Crippen LogP contribution in [0.1, 0.15) is 29.8 Å². The highest BCUT2D eigenvalue weighted by Crippen LogP contribution is 2.22. The molecule has 2 aliphatic heterocycles. The summed E-state index contributed by atoms with van der Waals surface area (Å²) in [6.45, 7) is 3.72. The second-order valence-electron chi connectivity index (χ2n) is 5.56. The van der Waals surface area contributed by atoms with E-state index in [0.29, 0.717) is 12.3 Å². The number of halogens is 1. The van der Waals surface area contributed by atoms with Crippen LogP contribution in [0.5, 0.6) is 0 Å². The molecule has 3 rings (SSSR count). The number of carbonyl (C=O) groups is 2. The zero-order valence-electron chi connectivity index (χ0n) is 12.5. The van der Waals surface area contributed by atoms with Crippen molar-refractivity contribution in [3.63, 3.8) is 0 Å². The predicted molar refractivity (Wildman–Crippen MR) is 84.1 cm³/mol. The van der Waals surface area contributed by atoms with Gasteiger partial charge < -0.3 is 19.5 Å². The second kappa shape index (κ2) is 7.65. The van der Waals surface area contributed by atoms with Crippen molar-refractivity contribution in [1.29, 1.82) is 0 Å². The quantitative estimate of drug-likeness (QED) is 0.884. The molecule has 2 fully saturated rings. The number of nitrogens with zero attached hydrogens (tertiary/aromatic N) is 2. The molecular weight excluding hydrogens is 306 g/mol. The van der Waals surface area contributed by atoms with Gasteiger partial charge in [0, 0.05) is 32.7 Å². The zero-order chi connectivity index (χ0) is 14.7. The van der Waals surface area contributed by atoms with E-state index in [4.69, 9.17) is 4.42 Å². The van der Waals surface area contributed by atoms with Gasteiger partial charge in [-0.15, -0.1) is 12.4 Å². The summed E-state index contributed by atoms with van der Waals surface area (Å²) in [5, 5.41) is 3.24. The topological polar surface area (TPSA) is 65.8 Å². The number of rotatable bonds is 2. The summed E-state index contributed by atoms with van der Waals surface area (Å²) >= 11 is 0. The normalized spacial score (nSPS) is 22.1. The van der Waals surface area contributed by atoms with Crippen LogP contribution in [0.25, 0.3) is 0 Å². The van der Waals surface area contributed by atoms with Crippen molar-refractivity contribution in [2.75, 3.05) is 32.7 Å². The number of nitrogens with one attached hydrogen (secondary N) is 1. The molecule has 0 spiro atoms. The summed E-state index contributed by atoms with van der Waals surface area (Å²) in [5.74, 6) is 0.222. The average Bonchev–Trinajstić information content (AvgIpc) is 3.09. The minimum atomic E-state index is -0.338. The third kappa shape index (κ3) is 3.44. The standard InChI is InChI=1S/C15H21N3O3.ClH/c19-14(17-9-6-16-7-10-17)12-4-1-2-8-18(12)15(20)13-5-3-11-21-13;/h3,5,11-12,16H,1-2,4,6-10H2;1H. The van der Waals surface area contributed by atoms with Crippen molar-refractivity contribution in [3.8, 4) is 0 Å². The zero-order valence-corrected chi connectivity index (χ0v) is 13.3. The van der Waals surface area contributed by atoms with Crippen LogP contribution < -0.4 is 5.32 Å². The van der Waals surface area contributed by atoms with Gasteiger partial charge in [0.15, 0.2) is 5.76 Å². The molecule has 1 N–H and O–H groups in total. The molecule has 7 heteroatoms. The number of carbonyl (C=O) groups excluding carboxylic acids is 2. The molecule has 2 saturated heterocycles. The summed E-state index contributed by atoms with van der Waals surface area (Å²) in [6, 6.07) is 3.02. The van der Waals surface area contributed by atoms with Gasteiger partial charge in [0.05, 0.1) is 6.26 Å². The van der Waals surface area contributed by atoms with E-state index in [2.05, 4.69) is 5.32 Å². The van der Waals surface area contributed by atoms with E-state index in [0.717, 1.165) is 45.4 Å². The van der Waals surface area contributed by atoms with Crippen LogP contribution >= 0.6 is 12.4 Å². The Labute approximate surface area is 136 Å². The van der Waals surface area contributed by atoms with Gasteiger partial charge in [0.1, 0.15) is 6.04 Å². The fraction of sp³-hybridized carbons (Fsp3) is 0.600. The Kier molecular flexibility index (Phi) is 5.85. The Morgan fingerprint density at radius 1 is 1.18 bits per heavy atom. The number of hydrogen-bond acceptors (Lipinski definition) is 4. The molecule has 1 aromatic heterocycles. The molecule has 2 aliphatic rings. The summed E-state index contributed by atoms with van der Waals surface area (Å²) in [4.78, 5) is 28.8. The third-order valence-corrected chi connectivity index (χ3v) is 4.21. The third-order valence-electron chi connectivity index (χ3n) is 4.21. The highest BCUT2D eigenvalue weighted by atomic mass is 35.5. The van der Waals surface area contributed by atoms with Crippen molar-refractivity contribution < 1.29 is 14.0 Å². The summed E-state index contributed by atoms with van der Waals surface area (Å²) in [7, 11) is 0. The highest BCUT2D eigenvalue weighted by Gasteiger charge is 2.36. The maximum Gasteiger partial charge on any atom is 0.290 e. The Bertz CT molecular complexity index is 500. The summed E-state index contributed by atoms with van der Waals surface area (Å²) in [5.41, 5.74) is 0. The molecule has 3 heterocycles. The van der Waals surface area contributed by atoms with Crippen LogP contribution in [0.3, 0.4) is 0 Å². The molecule has 1 unspecified atom stereocenters. The van der Waals surface area contributed by atoms with E-state index in [1.54, 1.807) is 17.0 Å². The first-order valence-corrected chi connectivity index (χ1v) is 7.61. The number of hydrogen-bond donors (Lipinski definition) is 1. The average molecular weight is 328 g/mol. The fourth-order valence-corrected chi connectivity index (χ4v) is 3.07. The van der Waals surface area contributed by atoms with E-state index in [1.165, 1.54) is 6.26 Å². The first-order valence-electron chi connectivity index (χ1n) is 7.61. The summed E-state index contributed by atoms with van der Waals surface area (Å²) < 4.78 is 5.20. The molecule has 6 nitrogen and oxygen atoms in total. The van der Waals surface area contributed by atoms with Crippen LogP contribution in [0.2, 0.25) is 0 Å². The minimum Gasteiger partial charge on any atom is -0.459 e. The first-order chi connectivity index (χ1) is 10.3. The predicted octanol–water partition coefficient (Wildman–Crippen LogP) is 1.13. The maximum atomic E-state index is 12.7. The van der Waals surface area contributed by atoms with Gasteiger partial charge in [-0.1, -0.05) is 0 Å². The number of amides is 2. The molecular formula is C15H22ClN3O3. The van der Waals surface area contributed by atoms with Crippen LogP contribution in [0.4, 0.5) is 0 Å². The van der Waals surface area contributed by atoms with E-state index < -0.39 is 0 Å². The Hall–Kier alpha value is -1.53. The molecule has 2 amide bonds. The largest absolute Gasteiger partial charge is 0.459 e. The van der Waals surface area contributed by atoms with Crippen LogP contribution in [0, 0.1) is 0 Å². The Balaban J connectivity index is 0.00000176. The molecule has 22 heavy (non-hydrogen) atoms. The van der Waals surface area contributed by atoms with Crippen LogP contribution in [0.15, 0.2) is 22.8 Å². The van der Waals surface area contributed by atoms with E-state index >= 15 is 0 Å². The van der Waals surface area contributed by atoms with E-state index in [9.17, 15) is 9.59 Å². The van der Waals surface area contributed by atoms with Crippen LogP contribution in [-0.2, 0) is 4.79 Å². The lowest BCUT2D eigenvalue weighted by molar-refractivity contribution is -0.137. The van der Waals surface area contributed by atoms with Crippen LogP contribution in [-0.4, -0.2) is 60.4 Å². The smallest absolute Gasteiger partial charge is 0.290 e. The molecule has 1 aromatic rings. The number of piperazine rings is 1. The van der Waals surface area contributed by atoms with E-state index in [1.807, 2.05) is 4.90 Å². The lowest BCUT2D eigenvalue weighted by Gasteiger charge is -2.38. The van der Waals surface area contributed by atoms with E-state index in [-0.39, 0.29) is 30.3 Å². The van der Waals surface area contributed by atoms with Gasteiger partial charge in [-0.3, -0.25) is 9.59 Å². The monoisotopic (exact) mass is 327 g/mol. The minimum absolute atomic E-state index is 0. The molecule has 122 valence electrons. The maximum absolute atomic E-state index is 12.7. The van der Waals surface area contributed by atoms with Crippen molar-refractivity contribution in [1.82, 2.24) is 15.1 Å². The first kappa shape index (κ1) is 16.8. The molecule has 0 aromatic carbocycles.